The van der Waals surface area contributed by atoms with E-state index < -0.39 is 12.1 Å². The van der Waals surface area contributed by atoms with Crippen LogP contribution in [-0.2, 0) is 19.4 Å². The van der Waals surface area contributed by atoms with Crippen LogP contribution in [0.2, 0.25) is 5.02 Å². The maximum Gasteiger partial charge on any atom is 0.315 e. The number of halogens is 1. The molecular weight excluding hydrogens is 320 g/mol. The van der Waals surface area contributed by atoms with Crippen LogP contribution in [0.25, 0.3) is 0 Å². The predicted octanol–water partition coefficient (Wildman–Crippen LogP) is 1.69. The van der Waals surface area contributed by atoms with Gasteiger partial charge in [-0.15, -0.1) is 0 Å². The van der Waals surface area contributed by atoms with E-state index in [1.165, 1.54) is 0 Å². The highest BCUT2D eigenvalue weighted by atomic mass is 35.5. The first-order chi connectivity index (χ1) is 11.1. The van der Waals surface area contributed by atoms with Gasteiger partial charge in [-0.1, -0.05) is 35.8 Å². The molecule has 0 aliphatic carbocycles. The van der Waals surface area contributed by atoms with E-state index in [-0.39, 0.29) is 13.1 Å². The van der Waals surface area contributed by atoms with E-state index in [1.807, 2.05) is 19.1 Å². The highest BCUT2D eigenvalue weighted by Gasteiger charge is 2.10. The zero-order chi connectivity index (χ0) is 16.7. The fourth-order valence-corrected chi connectivity index (χ4v) is 2.03. The molecule has 3 N–H and O–H groups in total. The highest BCUT2D eigenvalue weighted by Crippen LogP contribution is 2.10. The molecule has 2 aromatic rings. The number of carbonyl (C=O) groups is 1. The van der Waals surface area contributed by atoms with Gasteiger partial charge < -0.3 is 20.3 Å². The lowest BCUT2D eigenvalue weighted by molar-refractivity contribution is 0.170. The molecule has 0 fully saturated rings. The number of hydrogen-bond donors (Lipinski definition) is 3. The quantitative estimate of drug-likeness (QED) is 0.713. The first-order valence-corrected chi connectivity index (χ1v) is 7.70. The summed E-state index contributed by atoms with van der Waals surface area (Å²) in [5, 5.41) is 19.5. The smallest absolute Gasteiger partial charge is 0.315 e. The van der Waals surface area contributed by atoms with E-state index in [0.29, 0.717) is 29.6 Å². The van der Waals surface area contributed by atoms with Crippen LogP contribution >= 0.6 is 11.6 Å². The molecule has 0 saturated carbocycles. The van der Waals surface area contributed by atoms with Gasteiger partial charge in [0.1, 0.15) is 0 Å². The number of aliphatic hydroxyl groups is 1. The van der Waals surface area contributed by atoms with Crippen LogP contribution in [0.3, 0.4) is 0 Å². The number of aromatic nitrogens is 2. The van der Waals surface area contributed by atoms with E-state index in [9.17, 15) is 9.90 Å². The van der Waals surface area contributed by atoms with E-state index in [4.69, 9.17) is 16.1 Å². The number of aliphatic hydroxyl groups excluding tert-OH is 1. The lowest BCUT2D eigenvalue weighted by Crippen LogP contribution is -2.40. The normalized spacial score (nSPS) is 12.0. The molecule has 1 aromatic carbocycles. The van der Waals surface area contributed by atoms with E-state index in [1.54, 1.807) is 12.1 Å². The van der Waals surface area contributed by atoms with Gasteiger partial charge >= 0.3 is 6.03 Å². The summed E-state index contributed by atoms with van der Waals surface area (Å²) < 4.78 is 4.96. The lowest BCUT2D eigenvalue weighted by atomic mass is 10.1. The fraction of sp³-hybridized carbons (Fsp3) is 0.400. The Hall–Kier alpha value is -2.12. The Bertz CT molecular complexity index is 630. The molecule has 2 amide bonds. The van der Waals surface area contributed by atoms with Crippen molar-refractivity contribution in [2.45, 2.75) is 32.4 Å². The summed E-state index contributed by atoms with van der Waals surface area (Å²) in [4.78, 5) is 15.7. The average molecular weight is 339 g/mol. The standard InChI is InChI=1S/C15H19ClN4O3/c1-2-13-19-14(23-20-13)9-18-15(22)17-8-12(21)7-10-3-5-11(16)6-4-10/h3-6,12,21H,2,7-9H2,1H3,(H2,17,18,22). The molecule has 8 heteroatoms. The van der Waals surface area contributed by atoms with Crippen molar-refractivity contribution >= 4 is 17.6 Å². The molecule has 0 aliphatic heterocycles. The molecule has 1 aromatic heterocycles. The number of rotatable bonds is 7. The zero-order valence-corrected chi connectivity index (χ0v) is 13.5. The molecule has 0 bridgehead atoms. The molecule has 0 saturated heterocycles. The largest absolute Gasteiger partial charge is 0.391 e. The van der Waals surface area contributed by atoms with E-state index in [0.717, 1.165) is 5.56 Å². The third kappa shape index (κ3) is 5.88. The maximum absolute atomic E-state index is 11.7. The summed E-state index contributed by atoms with van der Waals surface area (Å²) in [6.45, 7) is 2.20. The van der Waals surface area contributed by atoms with Crippen molar-refractivity contribution in [1.29, 1.82) is 0 Å². The van der Waals surface area contributed by atoms with Gasteiger partial charge in [0.2, 0.25) is 5.89 Å². The van der Waals surface area contributed by atoms with Crippen molar-refractivity contribution < 1.29 is 14.4 Å². The minimum atomic E-state index is -0.683. The Kier molecular flexibility index (Phi) is 6.37. The van der Waals surface area contributed by atoms with Gasteiger partial charge in [-0.3, -0.25) is 0 Å². The minimum absolute atomic E-state index is 0.137. The third-order valence-electron chi connectivity index (χ3n) is 3.11. The summed E-state index contributed by atoms with van der Waals surface area (Å²) in [5.74, 6) is 0.944. The summed E-state index contributed by atoms with van der Waals surface area (Å²) in [6.07, 6.45) is 0.421. The third-order valence-corrected chi connectivity index (χ3v) is 3.36. The van der Waals surface area contributed by atoms with Crippen molar-refractivity contribution in [3.8, 4) is 0 Å². The Morgan fingerprint density at radius 3 is 2.74 bits per heavy atom. The molecule has 0 aliphatic rings. The molecule has 2 rings (SSSR count). The first-order valence-electron chi connectivity index (χ1n) is 7.32. The second-order valence-corrected chi connectivity index (χ2v) is 5.44. The summed E-state index contributed by atoms with van der Waals surface area (Å²) >= 11 is 5.80. The summed E-state index contributed by atoms with van der Waals surface area (Å²) in [6, 6.07) is 6.80. The average Bonchev–Trinajstić information content (AvgIpc) is 3.01. The molecule has 1 heterocycles. The molecule has 124 valence electrons. The predicted molar refractivity (Wildman–Crippen MR) is 85.1 cm³/mol. The van der Waals surface area contributed by atoms with Crippen LogP contribution in [0.15, 0.2) is 28.8 Å². The molecule has 0 spiro atoms. The highest BCUT2D eigenvalue weighted by molar-refractivity contribution is 6.30. The van der Waals surface area contributed by atoms with Crippen LogP contribution in [0.1, 0.15) is 24.2 Å². The Morgan fingerprint density at radius 1 is 1.35 bits per heavy atom. The number of nitrogens with one attached hydrogen (secondary N) is 2. The minimum Gasteiger partial charge on any atom is -0.391 e. The van der Waals surface area contributed by atoms with Gasteiger partial charge in [-0.25, -0.2) is 4.79 Å². The van der Waals surface area contributed by atoms with Crippen LogP contribution in [0, 0.1) is 0 Å². The van der Waals surface area contributed by atoms with Crippen molar-refractivity contribution in [2.75, 3.05) is 6.54 Å². The number of amides is 2. The number of urea groups is 1. The van der Waals surface area contributed by atoms with Crippen molar-refractivity contribution in [3.05, 3.63) is 46.6 Å². The zero-order valence-electron chi connectivity index (χ0n) is 12.8. The summed E-state index contributed by atoms with van der Waals surface area (Å²) in [7, 11) is 0. The molecule has 23 heavy (non-hydrogen) atoms. The van der Waals surface area contributed by atoms with Crippen molar-refractivity contribution in [3.63, 3.8) is 0 Å². The topological polar surface area (TPSA) is 100 Å². The first kappa shape index (κ1) is 17.2. The Balaban J connectivity index is 1.68. The maximum atomic E-state index is 11.7. The number of nitrogens with zero attached hydrogens (tertiary/aromatic N) is 2. The van der Waals surface area contributed by atoms with Crippen LogP contribution in [0.4, 0.5) is 4.79 Å². The SMILES string of the molecule is CCc1noc(CNC(=O)NCC(O)Cc2ccc(Cl)cc2)n1. The Labute approximate surface area is 139 Å². The molecule has 1 unspecified atom stereocenters. The summed E-state index contributed by atoms with van der Waals surface area (Å²) in [5.41, 5.74) is 0.946. The second-order valence-electron chi connectivity index (χ2n) is 5.01. The number of carbonyl (C=O) groups excluding carboxylic acids is 1. The molecule has 0 radical (unpaired) electrons. The lowest BCUT2D eigenvalue weighted by Gasteiger charge is -2.12. The van der Waals surface area contributed by atoms with E-state index in [2.05, 4.69) is 20.8 Å². The van der Waals surface area contributed by atoms with Gasteiger partial charge in [0.15, 0.2) is 5.82 Å². The van der Waals surface area contributed by atoms with Gasteiger partial charge in [0.25, 0.3) is 0 Å². The van der Waals surface area contributed by atoms with Crippen molar-refractivity contribution in [1.82, 2.24) is 20.8 Å². The van der Waals surface area contributed by atoms with Gasteiger partial charge in [0.05, 0.1) is 12.6 Å². The Morgan fingerprint density at radius 2 is 2.09 bits per heavy atom. The number of aryl methyl sites for hydroxylation is 1. The molecule has 1 atom stereocenters. The molecule has 7 nitrogen and oxygen atoms in total. The number of benzene rings is 1. The number of hydrogen-bond acceptors (Lipinski definition) is 5. The van der Waals surface area contributed by atoms with Crippen molar-refractivity contribution in [2.24, 2.45) is 0 Å². The second kappa shape index (κ2) is 8.50. The van der Waals surface area contributed by atoms with Gasteiger partial charge in [-0.2, -0.15) is 4.98 Å². The van der Waals surface area contributed by atoms with Gasteiger partial charge in [-0.05, 0) is 17.7 Å². The molecular formula is C15H19ClN4O3. The van der Waals surface area contributed by atoms with Gasteiger partial charge in [0, 0.05) is 24.4 Å². The van der Waals surface area contributed by atoms with E-state index >= 15 is 0 Å². The van der Waals surface area contributed by atoms with Crippen LogP contribution < -0.4 is 10.6 Å². The monoisotopic (exact) mass is 338 g/mol. The van der Waals surface area contributed by atoms with Crippen LogP contribution in [-0.4, -0.2) is 33.9 Å². The fourth-order valence-electron chi connectivity index (χ4n) is 1.90. The van der Waals surface area contributed by atoms with Crippen LogP contribution in [0.5, 0.6) is 0 Å².